The van der Waals surface area contributed by atoms with Crippen LogP contribution in [0.1, 0.15) is 27.0 Å². The molecule has 0 bridgehead atoms. The highest BCUT2D eigenvalue weighted by molar-refractivity contribution is 7.14. The molecule has 0 spiro atoms. The fourth-order valence-electron chi connectivity index (χ4n) is 1.54. The molecule has 3 N–H and O–H groups in total. The van der Waals surface area contributed by atoms with Crippen LogP contribution in [-0.2, 0) is 4.79 Å². The molecule has 0 aliphatic carbocycles. The first kappa shape index (κ1) is 15.2. The van der Waals surface area contributed by atoms with Crippen LogP contribution in [-0.4, -0.2) is 28.9 Å². The van der Waals surface area contributed by atoms with E-state index in [1.165, 1.54) is 24.3 Å². The van der Waals surface area contributed by atoms with Crippen molar-refractivity contribution in [2.75, 3.05) is 5.32 Å². The fraction of sp³-hybridized carbons (Fsp3) is 0.154. The van der Waals surface area contributed by atoms with E-state index in [4.69, 9.17) is 5.11 Å². The van der Waals surface area contributed by atoms with Gasteiger partial charge in [-0.1, -0.05) is 6.07 Å². The zero-order chi connectivity index (χ0) is 15.4. The average molecular weight is 324 g/mol. The monoisotopic (exact) mass is 324 g/mol. The van der Waals surface area contributed by atoms with Crippen LogP contribution in [0, 0.1) is 0 Å². The molecule has 21 heavy (non-hydrogen) atoms. The Hall–Kier alpha value is -2.19. The lowest BCUT2D eigenvalue weighted by atomic mass is 10.2. The van der Waals surface area contributed by atoms with E-state index in [0.717, 1.165) is 11.3 Å². The SMILES string of the molecule is CC(NC(=O)c1cccs1)C(=O)Nc1sccc1C(=O)O. The maximum Gasteiger partial charge on any atom is 0.338 e. The Morgan fingerprint density at radius 2 is 1.95 bits per heavy atom. The van der Waals surface area contributed by atoms with Crippen LogP contribution in [0.15, 0.2) is 29.0 Å². The smallest absolute Gasteiger partial charge is 0.338 e. The van der Waals surface area contributed by atoms with Crippen LogP contribution >= 0.6 is 22.7 Å². The van der Waals surface area contributed by atoms with E-state index in [0.29, 0.717) is 4.88 Å². The minimum Gasteiger partial charge on any atom is -0.478 e. The van der Waals surface area contributed by atoms with Gasteiger partial charge in [-0.3, -0.25) is 9.59 Å². The van der Waals surface area contributed by atoms with Gasteiger partial charge in [-0.25, -0.2) is 4.79 Å². The normalized spacial score (nSPS) is 11.7. The van der Waals surface area contributed by atoms with E-state index in [-0.39, 0.29) is 16.5 Å². The second kappa shape index (κ2) is 6.51. The quantitative estimate of drug-likeness (QED) is 0.786. The summed E-state index contributed by atoms with van der Waals surface area (Å²) in [6.45, 7) is 1.54. The highest BCUT2D eigenvalue weighted by Crippen LogP contribution is 2.23. The van der Waals surface area contributed by atoms with E-state index in [1.54, 1.807) is 22.9 Å². The Morgan fingerprint density at radius 3 is 2.57 bits per heavy atom. The van der Waals surface area contributed by atoms with Gasteiger partial charge in [-0.15, -0.1) is 22.7 Å². The van der Waals surface area contributed by atoms with Gasteiger partial charge in [-0.05, 0) is 29.8 Å². The average Bonchev–Trinajstić information content (AvgIpc) is 3.09. The molecule has 0 saturated carbocycles. The number of anilines is 1. The summed E-state index contributed by atoms with van der Waals surface area (Å²) in [4.78, 5) is 35.3. The largest absolute Gasteiger partial charge is 0.478 e. The Balaban J connectivity index is 1.98. The van der Waals surface area contributed by atoms with E-state index >= 15 is 0 Å². The molecule has 0 aliphatic heterocycles. The topological polar surface area (TPSA) is 95.5 Å². The molecule has 1 atom stereocenters. The summed E-state index contributed by atoms with van der Waals surface area (Å²) >= 11 is 2.39. The Kier molecular flexibility index (Phi) is 4.71. The summed E-state index contributed by atoms with van der Waals surface area (Å²) in [5.41, 5.74) is 0.0325. The molecule has 0 aromatic carbocycles. The van der Waals surface area contributed by atoms with Gasteiger partial charge < -0.3 is 15.7 Å². The molecule has 0 fully saturated rings. The molecule has 0 radical (unpaired) electrons. The summed E-state index contributed by atoms with van der Waals surface area (Å²) in [7, 11) is 0. The first-order valence-corrected chi connectivity index (χ1v) is 7.71. The van der Waals surface area contributed by atoms with Crippen molar-refractivity contribution in [2.45, 2.75) is 13.0 Å². The second-order valence-corrected chi connectivity index (χ2v) is 5.99. The lowest BCUT2D eigenvalue weighted by Crippen LogP contribution is -2.41. The molecule has 2 heterocycles. The number of carbonyl (C=O) groups is 3. The maximum atomic E-state index is 12.0. The van der Waals surface area contributed by atoms with Crippen LogP contribution in [0.4, 0.5) is 5.00 Å². The van der Waals surface area contributed by atoms with Gasteiger partial charge >= 0.3 is 5.97 Å². The van der Waals surface area contributed by atoms with Crippen molar-refractivity contribution in [1.29, 1.82) is 0 Å². The molecule has 2 amide bonds. The number of amides is 2. The second-order valence-electron chi connectivity index (χ2n) is 4.13. The summed E-state index contributed by atoms with van der Waals surface area (Å²) in [6.07, 6.45) is 0. The number of carboxylic acids is 1. The lowest BCUT2D eigenvalue weighted by Gasteiger charge is -2.13. The van der Waals surface area contributed by atoms with Gasteiger partial charge in [0.25, 0.3) is 5.91 Å². The molecule has 2 aromatic rings. The van der Waals surface area contributed by atoms with Crippen molar-refractivity contribution < 1.29 is 19.5 Å². The molecule has 110 valence electrons. The minimum atomic E-state index is -1.11. The molecule has 2 rings (SSSR count). The molecule has 2 aromatic heterocycles. The van der Waals surface area contributed by atoms with Gasteiger partial charge in [-0.2, -0.15) is 0 Å². The minimum absolute atomic E-state index is 0.0325. The lowest BCUT2D eigenvalue weighted by molar-refractivity contribution is -0.117. The molecular formula is C13H12N2O4S2. The number of aromatic carboxylic acids is 1. The van der Waals surface area contributed by atoms with Gasteiger partial charge in [0, 0.05) is 0 Å². The van der Waals surface area contributed by atoms with Crippen molar-refractivity contribution in [2.24, 2.45) is 0 Å². The van der Waals surface area contributed by atoms with Crippen molar-refractivity contribution in [3.05, 3.63) is 39.4 Å². The third-order valence-electron chi connectivity index (χ3n) is 2.62. The summed E-state index contributed by atoms with van der Waals surface area (Å²) < 4.78 is 0. The zero-order valence-corrected chi connectivity index (χ0v) is 12.6. The molecule has 0 aliphatic rings. The summed E-state index contributed by atoms with van der Waals surface area (Å²) in [6, 6.07) is 4.04. The van der Waals surface area contributed by atoms with E-state index < -0.39 is 17.9 Å². The van der Waals surface area contributed by atoms with Crippen molar-refractivity contribution in [3.8, 4) is 0 Å². The number of hydrogen-bond donors (Lipinski definition) is 3. The Bertz CT molecular complexity index is 664. The number of hydrogen-bond acceptors (Lipinski definition) is 5. The Labute approximate surface area is 128 Å². The molecule has 6 nitrogen and oxygen atoms in total. The molecule has 0 saturated heterocycles. The number of thiophene rings is 2. The van der Waals surface area contributed by atoms with Crippen LogP contribution in [0.25, 0.3) is 0 Å². The molecular weight excluding hydrogens is 312 g/mol. The number of carbonyl (C=O) groups excluding carboxylic acids is 2. The van der Waals surface area contributed by atoms with Crippen LogP contribution in [0.3, 0.4) is 0 Å². The van der Waals surface area contributed by atoms with Crippen LogP contribution < -0.4 is 10.6 Å². The van der Waals surface area contributed by atoms with Crippen molar-refractivity contribution in [1.82, 2.24) is 5.32 Å². The van der Waals surface area contributed by atoms with E-state index in [2.05, 4.69) is 10.6 Å². The number of carboxylic acid groups (broad SMARTS) is 1. The van der Waals surface area contributed by atoms with Crippen molar-refractivity contribution in [3.63, 3.8) is 0 Å². The van der Waals surface area contributed by atoms with Gasteiger partial charge in [0.2, 0.25) is 5.91 Å². The zero-order valence-electron chi connectivity index (χ0n) is 11.0. The third kappa shape index (κ3) is 3.67. The van der Waals surface area contributed by atoms with E-state index in [9.17, 15) is 14.4 Å². The number of rotatable bonds is 5. The highest BCUT2D eigenvalue weighted by Gasteiger charge is 2.20. The van der Waals surface area contributed by atoms with Gasteiger partial charge in [0.05, 0.1) is 10.4 Å². The Morgan fingerprint density at radius 1 is 1.19 bits per heavy atom. The van der Waals surface area contributed by atoms with Crippen molar-refractivity contribution >= 4 is 45.5 Å². The van der Waals surface area contributed by atoms with Gasteiger partial charge in [0.15, 0.2) is 0 Å². The van der Waals surface area contributed by atoms with Crippen LogP contribution in [0.5, 0.6) is 0 Å². The predicted octanol–water partition coefficient (Wildman–Crippen LogP) is 2.26. The van der Waals surface area contributed by atoms with E-state index in [1.807, 2.05) is 0 Å². The first-order valence-electron chi connectivity index (χ1n) is 5.95. The van der Waals surface area contributed by atoms with Gasteiger partial charge in [0.1, 0.15) is 11.0 Å². The highest BCUT2D eigenvalue weighted by atomic mass is 32.1. The number of nitrogens with one attached hydrogen (secondary N) is 2. The first-order chi connectivity index (χ1) is 9.99. The predicted molar refractivity (Wildman–Crippen MR) is 81.2 cm³/mol. The molecule has 8 heteroatoms. The fourth-order valence-corrected chi connectivity index (χ4v) is 2.94. The standard InChI is InChI=1S/C13H12N2O4S2/c1-7(14-11(17)9-3-2-5-20-9)10(16)15-12-8(13(18)19)4-6-21-12/h2-7H,1H3,(H,14,17)(H,15,16)(H,18,19). The third-order valence-corrected chi connectivity index (χ3v) is 4.32. The summed E-state index contributed by atoms with van der Waals surface area (Å²) in [5.74, 6) is -1.91. The summed E-state index contributed by atoms with van der Waals surface area (Å²) in [5, 5.41) is 17.6. The molecule has 1 unspecified atom stereocenters. The van der Waals surface area contributed by atoms with Crippen LogP contribution in [0.2, 0.25) is 0 Å². The maximum absolute atomic E-state index is 12.0.